The number of methoxy groups -OCH3 is 1. The van der Waals surface area contributed by atoms with Crippen LogP contribution in [0.4, 0.5) is 0 Å². The summed E-state index contributed by atoms with van der Waals surface area (Å²) in [6.07, 6.45) is 36.9. The van der Waals surface area contributed by atoms with Crippen LogP contribution in [0, 0.1) is 6.92 Å². The van der Waals surface area contributed by atoms with E-state index >= 15 is 0 Å². The van der Waals surface area contributed by atoms with Crippen LogP contribution in [0.5, 0.6) is 5.75 Å². The molecule has 0 spiro atoms. The van der Waals surface area contributed by atoms with E-state index in [1.54, 1.807) is 7.11 Å². The number of hydrogen-bond donors (Lipinski definition) is 0. The van der Waals surface area contributed by atoms with Crippen LogP contribution in [0.1, 0.15) is 252 Å². The van der Waals surface area contributed by atoms with E-state index in [4.69, 9.17) is 28.4 Å². The molecule has 0 unspecified atom stereocenters. The fourth-order valence-electron chi connectivity index (χ4n) is 8.99. The number of esters is 5. The van der Waals surface area contributed by atoms with Gasteiger partial charge in [-0.25, -0.2) is 9.59 Å². The van der Waals surface area contributed by atoms with Crippen LogP contribution in [-0.4, -0.2) is 62.9 Å². The Morgan fingerprint density at radius 2 is 1.06 bits per heavy atom. The molecule has 0 atom stereocenters. The molecule has 0 saturated heterocycles. The Kier molecular flexibility index (Phi) is 35.0. The third-order valence-corrected chi connectivity index (χ3v) is 13.2. The zero-order chi connectivity index (χ0) is 50.3. The molecule has 0 radical (unpaired) electrons. The number of benzene rings is 1. The van der Waals surface area contributed by atoms with Crippen LogP contribution >= 0.6 is 0 Å². The van der Waals surface area contributed by atoms with E-state index in [9.17, 15) is 24.0 Å². The van der Waals surface area contributed by atoms with Crippen LogP contribution in [-0.2, 0) is 62.3 Å². The minimum atomic E-state index is -1.04. The molecule has 1 aromatic rings. The van der Waals surface area contributed by atoms with E-state index < -0.39 is 36.6 Å². The maximum absolute atomic E-state index is 12.9. The molecule has 0 saturated carbocycles. The SMILES string of the molecule is C=CCCc1c(C/C=C(\C)CCC(=O)OCC(=O)OC(COC(=O)CCCCCCCCCCCCCCC)COC(=O)CCCCCCCCCCCCCCC)c(OC)c(C)c2c1C(=O)OC2. The molecule has 11 nitrogen and oxygen atoms in total. The largest absolute Gasteiger partial charge is 0.496 e. The summed E-state index contributed by atoms with van der Waals surface area (Å²) in [5, 5.41) is 0. The normalized spacial score (nSPS) is 12.2. The first-order valence-corrected chi connectivity index (χ1v) is 27.4. The molecule has 1 aliphatic heterocycles. The fraction of sp³-hybridized carbons (Fsp3) is 0.741. The predicted molar refractivity (Wildman–Crippen MR) is 275 cm³/mol. The van der Waals surface area contributed by atoms with Gasteiger partial charge in [0.15, 0.2) is 12.7 Å². The van der Waals surface area contributed by atoms with E-state index in [0.29, 0.717) is 44.1 Å². The number of hydrogen-bond acceptors (Lipinski definition) is 11. The highest BCUT2D eigenvalue weighted by molar-refractivity contribution is 5.96. The summed E-state index contributed by atoms with van der Waals surface area (Å²) in [6.45, 7) is 11.2. The van der Waals surface area contributed by atoms with Gasteiger partial charge in [0.05, 0.1) is 12.7 Å². The summed E-state index contributed by atoms with van der Waals surface area (Å²) in [5.41, 5.74) is 5.07. The number of cyclic esters (lactones) is 1. The lowest BCUT2D eigenvalue weighted by Gasteiger charge is -2.19. The van der Waals surface area contributed by atoms with Crippen molar-refractivity contribution in [2.24, 2.45) is 0 Å². The molecule has 0 bridgehead atoms. The Balaban J connectivity index is 1.82. The molecule has 0 aliphatic carbocycles. The summed E-state index contributed by atoms with van der Waals surface area (Å²) < 4.78 is 33.0. The number of ether oxygens (including phenoxy) is 6. The lowest BCUT2D eigenvalue weighted by atomic mass is 9.88. The molecule has 0 aromatic heterocycles. The van der Waals surface area contributed by atoms with Gasteiger partial charge in [0.25, 0.3) is 0 Å². The summed E-state index contributed by atoms with van der Waals surface area (Å²) in [6, 6.07) is 0. The van der Waals surface area contributed by atoms with Crippen LogP contribution in [0.25, 0.3) is 0 Å². The standard InChI is InChI=1S/C58H94O11/c1-7-10-13-15-17-19-21-23-25-27-29-31-33-36-52(59)65-42-48(43-66-53(60)37-34-32-30-28-26-24-22-20-18-16-14-11-8-2)69-55(62)45-67-54(61)41-39-46(4)38-40-50-49(35-12-9-3)56-51(44-68-58(56)63)47(5)57(50)64-6/h9,38,48H,3,7-8,10-37,39-45H2,1-2,4-6H3/b46-38+. The zero-order valence-electron chi connectivity index (χ0n) is 44.1. The van der Waals surface area contributed by atoms with Crippen molar-refractivity contribution in [3.8, 4) is 5.75 Å². The van der Waals surface area contributed by atoms with E-state index in [0.717, 1.165) is 72.1 Å². The van der Waals surface area contributed by atoms with Crippen molar-refractivity contribution in [1.82, 2.24) is 0 Å². The van der Waals surface area contributed by atoms with Crippen molar-refractivity contribution >= 4 is 29.8 Å². The second kappa shape index (κ2) is 39.6. The average molecular weight is 967 g/mol. The van der Waals surface area contributed by atoms with Gasteiger partial charge >= 0.3 is 29.8 Å². The van der Waals surface area contributed by atoms with Crippen molar-refractivity contribution in [3.63, 3.8) is 0 Å². The van der Waals surface area contributed by atoms with E-state index in [-0.39, 0.29) is 45.1 Å². The molecule has 11 heteroatoms. The second-order valence-electron chi connectivity index (χ2n) is 19.3. The van der Waals surface area contributed by atoms with Crippen molar-refractivity contribution < 1.29 is 52.4 Å². The number of carbonyl (C=O) groups excluding carboxylic acids is 5. The third-order valence-electron chi connectivity index (χ3n) is 13.2. The number of carbonyl (C=O) groups is 5. The molecule has 1 aliphatic rings. The molecule has 69 heavy (non-hydrogen) atoms. The zero-order valence-corrected chi connectivity index (χ0v) is 44.1. The van der Waals surface area contributed by atoms with Gasteiger partial charge in [0, 0.05) is 30.4 Å². The Morgan fingerprint density at radius 1 is 0.609 bits per heavy atom. The van der Waals surface area contributed by atoms with Gasteiger partial charge in [0.2, 0.25) is 0 Å². The molecule has 1 aromatic carbocycles. The topological polar surface area (TPSA) is 141 Å². The highest BCUT2D eigenvalue weighted by atomic mass is 16.6. The van der Waals surface area contributed by atoms with Crippen molar-refractivity contribution in [2.45, 2.75) is 252 Å². The fourth-order valence-corrected chi connectivity index (χ4v) is 8.99. The Labute approximate surface area is 418 Å². The van der Waals surface area contributed by atoms with Crippen LogP contribution in [0.15, 0.2) is 24.3 Å². The van der Waals surface area contributed by atoms with E-state index in [1.165, 1.54) is 116 Å². The summed E-state index contributed by atoms with van der Waals surface area (Å²) in [5.74, 6) is -1.80. The molecule has 0 amide bonds. The third kappa shape index (κ3) is 27.7. The van der Waals surface area contributed by atoms with Gasteiger partial charge in [-0.15, -0.1) is 6.58 Å². The van der Waals surface area contributed by atoms with E-state index in [1.807, 2.05) is 26.0 Å². The van der Waals surface area contributed by atoms with Gasteiger partial charge in [-0.2, -0.15) is 0 Å². The highest BCUT2D eigenvalue weighted by Gasteiger charge is 2.31. The smallest absolute Gasteiger partial charge is 0.344 e. The summed E-state index contributed by atoms with van der Waals surface area (Å²) in [7, 11) is 1.62. The van der Waals surface area contributed by atoms with Gasteiger partial charge in [-0.1, -0.05) is 186 Å². The molecular weight excluding hydrogens is 873 g/mol. The Morgan fingerprint density at radius 3 is 1.51 bits per heavy atom. The minimum Gasteiger partial charge on any atom is -0.496 e. The van der Waals surface area contributed by atoms with Crippen molar-refractivity contribution in [2.75, 3.05) is 26.9 Å². The predicted octanol–water partition coefficient (Wildman–Crippen LogP) is 14.6. The van der Waals surface area contributed by atoms with Crippen LogP contribution in [0.3, 0.4) is 0 Å². The Bertz CT molecular complexity index is 1620. The molecule has 392 valence electrons. The molecular formula is C58H94O11. The van der Waals surface area contributed by atoms with Crippen LogP contribution in [0.2, 0.25) is 0 Å². The van der Waals surface area contributed by atoms with Crippen molar-refractivity contribution in [3.05, 3.63) is 52.1 Å². The lowest BCUT2D eigenvalue weighted by molar-refractivity contribution is -0.172. The Hall–Kier alpha value is -4.15. The lowest BCUT2D eigenvalue weighted by Crippen LogP contribution is -2.32. The van der Waals surface area contributed by atoms with Gasteiger partial charge in [-0.3, -0.25) is 14.4 Å². The summed E-state index contributed by atoms with van der Waals surface area (Å²) >= 11 is 0. The summed E-state index contributed by atoms with van der Waals surface area (Å²) in [4.78, 5) is 63.8. The van der Waals surface area contributed by atoms with Gasteiger partial charge in [-0.05, 0) is 63.5 Å². The number of allylic oxidation sites excluding steroid dienone is 3. The average Bonchev–Trinajstić information content (AvgIpc) is 3.74. The maximum Gasteiger partial charge on any atom is 0.344 e. The van der Waals surface area contributed by atoms with Gasteiger partial charge in [0.1, 0.15) is 25.6 Å². The monoisotopic (exact) mass is 967 g/mol. The second-order valence-corrected chi connectivity index (χ2v) is 19.3. The first-order chi connectivity index (χ1) is 33.6. The number of fused-ring (bicyclic) bond motifs is 1. The number of rotatable bonds is 44. The van der Waals surface area contributed by atoms with Crippen molar-refractivity contribution in [1.29, 1.82) is 0 Å². The molecule has 2 rings (SSSR count). The molecule has 0 N–H and O–H groups in total. The first kappa shape index (κ1) is 61.0. The quantitative estimate of drug-likeness (QED) is 0.0267. The van der Waals surface area contributed by atoms with Crippen LogP contribution < -0.4 is 4.74 Å². The molecule has 1 heterocycles. The molecule has 0 fully saturated rings. The first-order valence-electron chi connectivity index (χ1n) is 27.4. The minimum absolute atomic E-state index is 0.0304. The highest BCUT2D eigenvalue weighted by Crippen LogP contribution is 2.39. The maximum atomic E-state index is 12.9. The van der Waals surface area contributed by atoms with Gasteiger partial charge < -0.3 is 28.4 Å². The van der Waals surface area contributed by atoms with E-state index in [2.05, 4.69) is 20.4 Å². The number of unbranched alkanes of at least 4 members (excludes halogenated alkanes) is 24.